The molecule has 18 nitrogen and oxygen atoms in total. The molecule has 382 valence electrons. The standard InChI is InChI=1S/C54H60FN9O9/c1-29(2)46(60-53(67)69-3)50(65)62-17-5-9-40(62)48-56-27-37(58-48)32-13-14-39-35(22-32)24-42-45-36(55)23-34(26-44(45)73-52(64(39)42)33-12-11-30-8-7-19-72-43(30)25-33)38-28-57-49(59-38)41-10-6-18-63(41)51(66)47(61-54(68)70-4)31-15-20-71-21-16-31/h11-14,22-29,31,40-41,46-47,52H,5-10,15-21H2,1-4H3,(H,56,58)(H,57,59)(H,60,67)(H,61,68)/t40-,41-,46?,47?,52?/m0/s1. The summed E-state index contributed by atoms with van der Waals surface area (Å²) in [6.07, 6.45) is 7.45. The summed E-state index contributed by atoms with van der Waals surface area (Å²) < 4.78 is 47.5. The maximum Gasteiger partial charge on any atom is 0.407 e. The topological polar surface area (TPSA) is 207 Å². The highest BCUT2D eigenvalue weighted by atomic mass is 19.1. The molecule has 8 heterocycles. The molecule has 3 aromatic carbocycles. The number of halogens is 1. The summed E-state index contributed by atoms with van der Waals surface area (Å²) in [6.45, 7) is 6.44. The number of aryl methyl sites for hydroxylation is 1. The number of fused-ring (bicyclic) bond motifs is 6. The average Bonchev–Trinajstić information content (AvgIpc) is 4.28. The number of hydrogen-bond donors (Lipinski definition) is 4. The first-order chi connectivity index (χ1) is 35.5. The molecule has 0 radical (unpaired) electrons. The van der Waals surface area contributed by atoms with Gasteiger partial charge in [-0.05, 0) is 105 Å². The van der Waals surface area contributed by atoms with Crippen LogP contribution in [-0.2, 0) is 30.2 Å². The largest absolute Gasteiger partial charge is 0.493 e. The smallest absolute Gasteiger partial charge is 0.407 e. The third-order valence-corrected chi connectivity index (χ3v) is 15.2. The fourth-order valence-electron chi connectivity index (χ4n) is 11.4. The van der Waals surface area contributed by atoms with Gasteiger partial charge in [0.1, 0.15) is 41.0 Å². The Morgan fingerprint density at radius 1 is 0.753 bits per heavy atom. The van der Waals surface area contributed by atoms with Crippen LogP contribution < -0.4 is 20.1 Å². The fraction of sp³-hybridized carbons (Fsp3) is 0.444. The summed E-state index contributed by atoms with van der Waals surface area (Å²) in [5.41, 5.74) is 6.43. The van der Waals surface area contributed by atoms with E-state index in [0.29, 0.717) is 98.5 Å². The van der Waals surface area contributed by atoms with Gasteiger partial charge in [0.15, 0.2) is 0 Å². The molecule has 5 aliphatic heterocycles. The number of benzene rings is 3. The van der Waals surface area contributed by atoms with E-state index in [1.165, 1.54) is 20.3 Å². The lowest BCUT2D eigenvalue weighted by Crippen LogP contribution is -2.53. The lowest BCUT2D eigenvalue weighted by Gasteiger charge is -2.34. The van der Waals surface area contributed by atoms with Crippen LogP contribution in [0.3, 0.4) is 0 Å². The molecular weight excluding hydrogens is 938 g/mol. The van der Waals surface area contributed by atoms with E-state index in [9.17, 15) is 19.2 Å². The number of methoxy groups -OCH3 is 2. The van der Waals surface area contributed by atoms with Gasteiger partial charge in [-0.15, -0.1) is 0 Å². The Morgan fingerprint density at radius 2 is 1.44 bits per heavy atom. The number of carbonyl (C=O) groups excluding carboxylic acids is 4. The molecule has 3 aromatic heterocycles. The number of alkyl carbamates (subject to hydrolysis) is 2. The predicted octanol–water partition coefficient (Wildman–Crippen LogP) is 8.35. The molecule has 3 unspecified atom stereocenters. The van der Waals surface area contributed by atoms with Crippen molar-refractivity contribution < 1.29 is 47.3 Å². The SMILES string of the molecule is COC(=O)NC(C(=O)N1CCC[C@H]1c1ncc(-c2ccc3c(c2)cc2n3C(c3ccc4c(c3)OCCC4)Oc3cc(-c4cnc([C@@H]5CCCN5C(=O)C(NC(=O)OC)C5CCOCC5)[nH]4)cc(F)c3-2)[nH]1)C(C)C. The Labute approximate surface area is 421 Å². The minimum Gasteiger partial charge on any atom is -0.493 e. The number of ether oxygens (including phenoxy) is 5. The minimum atomic E-state index is -0.775. The lowest BCUT2D eigenvalue weighted by atomic mass is 9.90. The van der Waals surface area contributed by atoms with E-state index in [0.717, 1.165) is 64.7 Å². The molecule has 5 atom stereocenters. The third kappa shape index (κ3) is 9.01. The molecule has 3 saturated heterocycles. The van der Waals surface area contributed by atoms with Gasteiger partial charge in [0.05, 0.1) is 73.5 Å². The van der Waals surface area contributed by atoms with Gasteiger partial charge >= 0.3 is 12.2 Å². The highest BCUT2D eigenvalue weighted by Crippen LogP contribution is 2.48. The van der Waals surface area contributed by atoms with Gasteiger partial charge in [-0.1, -0.05) is 32.0 Å². The summed E-state index contributed by atoms with van der Waals surface area (Å²) in [5.74, 6) is 1.24. The molecular formula is C54H60FN9O9. The van der Waals surface area contributed by atoms with Crippen LogP contribution in [0.5, 0.6) is 11.5 Å². The molecule has 11 rings (SSSR count). The van der Waals surface area contributed by atoms with Crippen molar-refractivity contribution in [2.24, 2.45) is 11.8 Å². The fourth-order valence-corrected chi connectivity index (χ4v) is 11.4. The van der Waals surface area contributed by atoms with Crippen LogP contribution in [0, 0.1) is 17.7 Å². The number of amides is 4. The van der Waals surface area contributed by atoms with Crippen molar-refractivity contribution in [2.45, 2.75) is 95.6 Å². The molecule has 0 bridgehead atoms. The van der Waals surface area contributed by atoms with E-state index in [2.05, 4.69) is 32.7 Å². The second kappa shape index (κ2) is 19.9. The van der Waals surface area contributed by atoms with Crippen LogP contribution in [0.4, 0.5) is 14.0 Å². The van der Waals surface area contributed by atoms with Crippen molar-refractivity contribution >= 4 is 34.9 Å². The van der Waals surface area contributed by atoms with E-state index < -0.39 is 36.3 Å². The maximum absolute atomic E-state index is 17.1. The first kappa shape index (κ1) is 47.9. The molecule has 73 heavy (non-hydrogen) atoms. The first-order valence-electron chi connectivity index (χ1n) is 25.4. The van der Waals surface area contributed by atoms with Crippen molar-refractivity contribution in [3.63, 3.8) is 0 Å². The summed E-state index contributed by atoms with van der Waals surface area (Å²) >= 11 is 0. The van der Waals surface area contributed by atoms with Crippen LogP contribution in [0.15, 0.2) is 67.0 Å². The van der Waals surface area contributed by atoms with Crippen molar-refractivity contribution in [1.82, 2.24) is 44.9 Å². The van der Waals surface area contributed by atoms with Gasteiger partial charge in [-0.25, -0.2) is 23.9 Å². The van der Waals surface area contributed by atoms with Gasteiger partial charge in [-0.3, -0.25) is 9.59 Å². The number of nitrogens with zero attached hydrogens (tertiary/aromatic N) is 5. The predicted molar refractivity (Wildman–Crippen MR) is 266 cm³/mol. The molecule has 0 saturated carbocycles. The summed E-state index contributed by atoms with van der Waals surface area (Å²) in [7, 11) is 2.56. The van der Waals surface area contributed by atoms with Crippen LogP contribution in [0.2, 0.25) is 0 Å². The zero-order chi connectivity index (χ0) is 50.5. The third-order valence-electron chi connectivity index (χ3n) is 15.2. The van der Waals surface area contributed by atoms with Crippen LogP contribution in [-0.4, -0.2) is 118 Å². The molecule has 6 aromatic rings. The summed E-state index contributed by atoms with van der Waals surface area (Å²) in [4.78, 5) is 72.7. The molecule has 19 heteroatoms. The molecule has 0 spiro atoms. The van der Waals surface area contributed by atoms with Crippen molar-refractivity contribution in [1.29, 1.82) is 0 Å². The average molecular weight is 998 g/mol. The first-order valence-corrected chi connectivity index (χ1v) is 25.4. The number of H-pyrrole nitrogens is 2. The Kier molecular flexibility index (Phi) is 13.0. The number of imidazole rings is 2. The van der Waals surface area contributed by atoms with Gasteiger partial charge < -0.3 is 58.7 Å². The van der Waals surface area contributed by atoms with Gasteiger partial charge in [0, 0.05) is 48.4 Å². The lowest BCUT2D eigenvalue weighted by molar-refractivity contribution is -0.137. The normalized spacial score (nSPS) is 20.4. The van der Waals surface area contributed by atoms with Gasteiger partial charge in [0.25, 0.3) is 0 Å². The highest BCUT2D eigenvalue weighted by Gasteiger charge is 2.41. The van der Waals surface area contributed by atoms with Crippen molar-refractivity contribution in [3.8, 4) is 45.3 Å². The van der Waals surface area contributed by atoms with E-state index in [-0.39, 0.29) is 35.7 Å². The molecule has 3 fully saturated rings. The van der Waals surface area contributed by atoms with E-state index in [1.807, 2.05) is 54.8 Å². The van der Waals surface area contributed by atoms with Crippen molar-refractivity contribution in [3.05, 3.63) is 95.6 Å². The van der Waals surface area contributed by atoms with E-state index in [1.54, 1.807) is 22.2 Å². The molecule has 0 aliphatic carbocycles. The number of hydrogen-bond acceptors (Lipinski definition) is 11. The summed E-state index contributed by atoms with van der Waals surface area (Å²) in [5, 5.41) is 6.36. The second-order valence-corrected chi connectivity index (χ2v) is 20.0. The molecule has 5 aliphatic rings. The minimum absolute atomic E-state index is 0.105. The quantitative estimate of drug-likeness (QED) is 0.0970. The Balaban J connectivity index is 0.912. The van der Waals surface area contributed by atoms with E-state index in [4.69, 9.17) is 33.7 Å². The zero-order valence-corrected chi connectivity index (χ0v) is 41.4. The highest BCUT2D eigenvalue weighted by molar-refractivity contribution is 5.93. The maximum atomic E-state index is 17.1. The second-order valence-electron chi connectivity index (χ2n) is 20.0. The van der Waals surface area contributed by atoms with Crippen LogP contribution in [0.25, 0.3) is 44.7 Å². The Hall–Kier alpha value is -7.41. The van der Waals surface area contributed by atoms with Gasteiger partial charge in [0.2, 0.25) is 18.0 Å². The van der Waals surface area contributed by atoms with Crippen LogP contribution >= 0.6 is 0 Å². The number of rotatable bonds is 11. The van der Waals surface area contributed by atoms with Crippen molar-refractivity contribution in [2.75, 3.05) is 47.1 Å². The Morgan fingerprint density at radius 3 is 2.14 bits per heavy atom. The summed E-state index contributed by atoms with van der Waals surface area (Å²) in [6, 6.07) is 15.3. The number of likely N-dealkylation sites (tertiary alicyclic amines) is 2. The number of aromatic amines is 2. The molecule has 4 N–H and O–H groups in total. The van der Waals surface area contributed by atoms with E-state index >= 15 is 4.39 Å². The number of carbonyl (C=O) groups is 4. The Bertz CT molecular complexity index is 3090. The van der Waals surface area contributed by atoms with Crippen LogP contribution in [0.1, 0.15) is 99.9 Å². The molecule has 4 amide bonds. The van der Waals surface area contributed by atoms with Gasteiger partial charge in [-0.2, -0.15) is 0 Å². The number of nitrogens with one attached hydrogen (secondary N) is 4. The number of aromatic nitrogens is 5. The zero-order valence-electron chi connectivity index (χ0n) is 41.4. The monoisotopic (exact) mass is 997 g/mol.